The lowest BCUT2D eigenvalue weighted by Gasteiger charge is -2.11. The van der Waals surface area contributed by atoms with Gasteiger partial charge < -0.3 is 0 Å². The molecule has 0 saturated heterocycles. The summed E-state index contributed by atoms with van der Waals surface area (Å²) in [4.78, 5) is 12.9. The van der Waals surface area contributed by atoms with Gasteiger partial charge in [-0.15, -0.1) is 0 Å². The van der Waals surface area contributed by atoms with Gasteiger partial charge in [0, 0.05) is 11.1 Å². The number of ketones is 1. The molecule has 0 bridgehead atoms. The molecule has 0 spiro atoms. The van der Waals surface area contributed by atoms with Gasteiger partial charge >= 0.3 is 0 Å². The van der Waals surface area contributed by atoms with Gasteiger partial charge in [-0.1, -0.05) is 77.9 Å². The fourth-order valence-corrected chi connectivity index (χ4v) is 2.58. The molecule has 22 heavy (non-hydrogen) atoms. The predicted molar refractivity (Wildman–Crippen MR) is 91.2 cm³/mol. The molecule has 0 aliphatic rings. The molecule has 0 atom stereocenters. The molecule has 1 heteroatoms. The van der Waals surface area contributed by atoms with Crippen LogP contribution in [0.4, 0.5) is 0 Å². The van der Waals surface area contributed by atoms with E-state index in [2.05, 4.69) is 37.3 Å². The van der Waals surface area contributed by atoms with E-state index < -0.39 is 0 Å². The Morgan fingerprint density at radius 1 is 0.727 bits per heavy atom. The Morgan fingerprint density at radius 3 is 2.05 bits per heavy atom. The molecule has 0 saturated carbocycles. The van der Waals surface area contributed by atoms with Gasteiger partial charge in [-0.25, -0.2) is 0 Å². The highest BCUT2D eigenvalue weighted by Crippen LogP contribution is 2.27. The normalized spacial score (nSPS) is 10.5. The summed E-state index contributed by atoms with van der Waals surface area (Å²) in [5.74, 6) is 0.0693. The smallest absolute Gasteiger partial charge is 0.193 e. The first-order chi connectivity index (χ1) is 10.6. The summed E-state index contributed by atoms with van der Waals surface area (Å²) in [6.45, 7) is 4.08. The van der Waals surface area contributed by atoms with Crippen LogP contribution in [0.1, 0.15) is 27.0 Å². The average molecular weight is 286 g/mol. The zero-order chi connectivity index (χ0) is 15.5. The predicted octanol–water partition coefficient (Wildman–Crippen LogP) is 5.20. The summed E-state index contributed by atoms with van der Waals surface area (Å²) in [6, 6.07) is 23.8. The second-order valence-corrected chi connectivity index (χ2v) is 5.61. The molecule has 0 heterocycles. The van der Waals surface area contributed by atoms with Crippen LogP contribution in [0.25, 0.3) is 11.1 Å². The largest absolute Gasteiger partial charge is 0.289 e. The number of hydrogen-bond donors (Lipinski definition) is 0. The van der Waals surface area contributed by atoms with Crippen molar-refractivity contribution in [2.75, 3.05) is 0 Å². The van der Waals surface area contributed by atoms with Crippen molar-refractivity contribution in [1.29, 1.82) is 0 Å². The van der Waals surface area contributed by atoms with Crippen LogP contribution in [-0.2, 0) is 0 Å². The third-order valence-corrected chi connectivity index (χ3v) is 3.82. The minimum atomic E-state index is 0.0693. The molecule has 0 aliphatic heterocycles. The molecule has 0 unspecified atom stereocenters. The average Bonchev–Trinajstić information content (AvgIpc) is 2.56. The van der Waals surface area contributed by atoms with Gasteiger partial charge in [0.25, 0.3) is 0 Å². The summed E-state index contributed by atoms with van der Waals surface area (Å²) in [5.41, 5.74) is 5.85. The first-order valence-corrected chi connectivity index (χ1v) is 7.42. The summed E-state index contributed by atoms with van der Waals surface area (Å²) >= 11 is 0. The zero-order valence-corrected chi connectivity index (χ0v) is 12.8. The lowest BCUT2D eigenvalue weighted by atomic mass is 9.92. The maximum atomic E-state index is 12.9. The summed E-state index contributed by atoms with van der Waals surface area (Å²) < 4.78 is 0. The Bertz CT molecular complexity index is 799. The van der Waals surface area contributed by atoms with Gasteiger partial charge in [0.2, 0.25) is 0 Å². The highest BCUT2D eigenvalue weighted by atomic mass is 16.1. The number of carbonyl (C=O) groups is 1. The topological polar surface area (TPSA) is 17.1 Å². The Hall–Kier alpha value is -2.67. The van der Waals surface area contributed by atoms with Gasteiger partial charge in [-0.2, -0.15) is 0 Å². The second kappa shape index (κ2) is 5.98. The van der Waals surface area contributed by atoms with Crippen LogP contribution in [0, 0.1) is 13.8 Å². The van der Waals surface area contributed by atoms with Crippen molar-refractivity contribution in [2.24, 2.45) is 0 Å². The number of rotatable bonds is 3. The van der Waals surface area contributed by atoms with Crippen LogP contribution in [0.5, 0.6) is 0 Å². The van der Waals surface area contributed by atoms with Crippen LogP contribution >= 0.6 is 0 Å². The zero-order valence-electron chi connectivity index (χ0n) is 12.8. The van der Waals surface area contributed by atoms with Gasteiger partial charge in [0.1, 0.15) is 0 Å². The number of hydrogen-bond acceptors (Lipinski definition) is 1. The van der Waals surface area contributed by atoms with Crippen molar-refractivity contribution in [3.63, 3.8) is 0 Å². The summed E-state index contributed by atoms with van der Waals surface area (Å²) in [5, 5.41) is 0. The fraction of sp³-hybridized carbons (Fsp3) is 0.0952. The van der Waals surface area contributed by atoms with E-state index in [4.69, 9.17) is 0 Å². The Morgan fingerprint density at radius 2 is 1.36 bits per heavy atom. The second-order valence-electron chi connectivity index (χ2n) is 5.61. The molecule has 0 fully saturated rings. The molecule has 0 amide bonds. The molecule has 0 radical (unpaired) electrons. The van der Waals surface area contributed by atoms with Crippen LogP contribution in [0.15, 0.2) is 72.8 Å². The molecule has 3 rings (SSSR count). The number of benzene rings is 3. The monoisotopic (exact) mass is 286 g/mol. The van der Waals surface area contributed by atoms with E-state index in [0.29, 0.717) is 0 Å². The van der Waals surface area contributed by atoms with E-state index in [1.165, 1.54) is 5.56 Å². The van der Waals surface area contributed by atoms with Gasteiger partial charge in [0.15, 0.2) is 5.78 Å². The summed E-state index contributed by atoms with van der Waals surface area (Å²) in [6.07, 6.45) is 0. The Kier molecular flexibility index (Phi) is 3.88. The standard InChI is InChI=1S/C21H18O/c1-15-8-11-17(12-9-15)19-13-10-16(2)14-20(19)21(22)18-6-4-3-5-7-18/h3-14H,1-2H3. The SMILES string of the molecule is Cc1ccc(-c2ccc(C)cc2C(=O)c2ccccc2)cc1. The quantitative estimate of drug-likeness (QED) is 0.605. The maximum Gasteiger partial charge on any atom is 0.193 e. The molecular formula is C21H18O. The minimum absolute atomic E-state index is 0.0693. The van der Waals surface area contributed by atoms with E-state index in [9.17, 15) is 4.79 Å². The van der Waals surface area contributed by atoms with E-state index >= 15 is 0 Å². The molecule has 0 aliphatic carbocycles. The first kappa shape index (κ1) is 14.3. The van der Waals surface area contributed by atoms with E-state index in [1.807, 2.05) is 49.4 Å². The highest BCUT2D eigenvalue weighted by molar-refractivity contribution is 6.12. The van der Waals surface area contributed by atoms with Crippen molar-refractivity contribution >= 4 is 5.78 Å². The van der Waals surface area contributed by atoms with E-state index in [1.54, 1.807) is 0 Å². The van der Waals surface area contributed by atoms with Crippen molar-refractivity contribution in [1.82, 2.24) is 0 Å². The fourth-order valence-electron chi connectivity index (χ4n) is 2.58. The van der Waals surface area contributed by atoms with Crippen molar-refractivity contribution in [3.8, 4) is 11.1 Å². The molecule has 3 aromatic carbocycles. The van der Waals surface area contributed by atoms with Gasteiger partial charge in [-0.3, -0.25) is 4.79 Å². The molecule has 0 N–H and O–H groups in total. The van der Waals surface area contributed by atoms with Crippen LogP contribution in [0.2, 0.25) is 0 Å². The molecule has 3 aromatic rings. The first-order valence-electron chi connectivity index (χ1n) is 7.42. The lowest BCUT2D eigenvalue weighted by molar-refractivity contribution is 0.103. The molecule has 0 aromatic heterocycles. The van der Waals surface area contributed by atoms with Crippen molar-refractivity contribution < 1.29 is 4.79 Å². The summed E-state index contributed by atoms with van der Waals surface area (Å²) in [7, 11) is 0. The molecule has 1 nitrogen and oxygen atoms in total. The van der Waals surface area contributed by atoms with Crippen molar-refractivity contribution in [2.45, 2.75) is 13.8 Å². The van der Waals surface area contributed by atoms with E-state index in [0.717, 1.165) is 27.8 Å². The Labute approximate surface area is 131 Å². The van der Waals surface area contributed by atoms with Crippen LogP contribution < -0.4 is 0 Å². The highest BCUT2D eigenvalue weighted by Gasteiger charge is 2.14. The van der Waals surface area contributed by atoms with Crippen molar-refractivity contribution in [3.05, 3.63) is 95.1 Å². The minimum Gasteiger partial charge on any atom is -0.289 e. The third kappa shape index (κ3) is 2.84. The van der Waals surface area contributed by atoms with Crippen LogP contribution in [0.3, 0.4) is 0 Å². The number of carbonyl (C=O) groups excluding carboxylic acids is 1. The maximum absolute atomic E-state index is 12.9. The molecule has 108 valence electrons. The Balaban J connectivity index is 2.13. The third-order valence-electron chi connectivity index (χ3n) is 3.82. The van der Waals surface area contributed by atoms with Crippen LogP contribution in [-0.4, -0.2) is 5.78 Å². The molecular weight excluding hydrogens is 268 g/mol. The van der Waals surface area contributed by atoms with Gasteiger partial charge in [-0.05, 0) is 31.0 Å². The number of aryl methyl sites for hydroxylation is 2. The van der Waals surface area contributed by atoms with E-state index in [-0.39, 0.29) is 5.78 Å². The lowest BCUT2D eigenvalue weighted by Crippen LogP contribution is -2.04. The van der Waals surface area contributed by atoms with Gasteiger partial charge in [0.05, 0.1) is 0 Å².